The molecule has 1 aromatic heterocycles. The van der Waals surface area contributed by atoms with E-state index in [2.05, 4.69) is 24.0 Å². The van der Waals surface area contributed by atoms with Gasteiger partial charge in [0.2, 0.25) is 0 Å². The third kappa shape index (κ3) is 4.50. The maximum Gasteiger partial charge on any atom is 0.147 e. The zero-order chi connectivity index (χ0) is 13.7. The Morgan fingerprint density at radius 3 is 2.47 bits per heavy atom. The van der Waals surface area contributed by atoms with Gasteiger partial charge in [-0.25, -0.2) is 4.99 Å². The Morgan fingerprint density at radius 2 is 1.89 bits per heavy atom. The van der Waals surface area contributed by atoms with Crippen molar-refractivity contribution in [2.24, 2.45) is 4.99 Å². The van der Waals surface area contributed by atoms with Crippen molar-refractivity contribution in [3.8, 4) is 0 Å². The predicted molar refractivity (Wildman–Crippen MR) is 89.5 cm³/mol. The zero-order valence-corrected chi connectivity index (χ0v) is 14.3. The second kappa shape index (κ2) is 7.70. The van der Waals surface area contributed by atoms with Crippen LogP contribution in [-0.4, -0.2) is 5.75 Å². The first-order valence-electron chi connectivity index (χ1n) is 5.92. The Kier molecular flexibility index (Phi) is 6.23. The fourth-order valence-electron chi connectivity index (χ4n) is 1.37. The van der Waals surface area contributed by atoms with Gasteiger partial charge in [-0.1, -0.05) is 57.2 Å². The third-order valence-corrected chi connectivity index (χ3v) is 6.98. The molecular weight excluding hydrogens is 337 g/mol. The van der Waals surface area contributed by atoms with E-state index in [9.17, 15) is 0 Å². The van der Waals surface area contributed by atoms with Crippen molar-refractivity contribution < 1.29 is 0 Å². The lowest BCUT2D eigenvalue weighted by Crippen LogP contribution is -1.91. The number of hydrogen-bond acceptors (Lipinski definition) is 4. The van der Waals surface area contributed by atoms with E-state index in [0.29, 0.717) is 9.36 Å². The first kappa shape index (κ1) is 15.4. The molecule has 0 spiro atoms. The maximum atomic E-state index is 6.07. The Bertz CT molecular complexity index is 587. The van der Waals surface area contributed by atoms with Crippen LogP contribution in [0, 0.1) is 0 Å². The molecule has 1 heterocycles. The maximum absolute atomic E-state index is 6.07. The highest BCUT2D eigenvalue weighted by molar-refractivity contribution is 7.99. The van der Waals surface area contributed by atoms with Crippen LogP contribution in [-0.2, 0) is 0 Å². The van der Waals surface area contributed by atoms with E-state index >= 15 is 0 Å². The van der Waals surface area contributed by atoms with Gasteiger partial charge in [0.05, 0.1) is 5.69 Å². The Morgan fingerprint density at radius 1 is 1.16 bits per heavy atom. The molecule has 0 fully saturated rings. The van der Waals surface area contributed by atoms with E-state index in [4.69, 9.17) is 23.2 Å². The molecule has 0 aliphatic carbocycles. The van der Waals surface area contributed by atoms with Crippen molar-refractivity contribution >= 4 is 61.3 Å². The first-order valence-corrected chi connectivity index (χ1v) is 9.81. The molecule has 0 aliphatic heterocycles. The Balaban J connectivity index is 2.10. The minimum Gasteiger partial charge on any atom is -0.236 e. The van der Waals surface area contributed by atoms with Gasteiger partial charge in [-0.2, -0.15) is 0 Å². The lowest BCUT2D eigenvalue weighted by molar-refractivity contribution is 0.896. The fraction of sp³-hybridized carbons (Fsp3) is 0.308. The quantitative estimate of drug-likeness (QED) is 0.353. The van der Waals surface area contributed by atoms with Gasteiger partial charge in [-0.05, 0) is 36.4 Å². The highest BCUT2D eigenvalue weighted by Gasteiger charge is 2.03. The molecule has 0 aliphatic rings. The number of thioether (sulfide) groups is 1. The molecule has 6 heteroatoms. The summed E-state index contributed by atoms with van der Waals surface area (Å²) in [5.74, 6) is 1.17. The van der Waals surface area contributed by atoms with Crippen LogP contribution in [0.3, 0.4) is 0 Å². The van der Waals surface area contributed by atoms with E-state index < -0.39 is 0 Å². The summed E-state index contributed by atoms with van der Waals surface area (Å²) >= 11 is 13.9. The molecule has 0 saturated carbocycles. The monoisotopic (exact) mass is 349 g/mol. The topological polar surface area (TPSA) is 12.4 Å². The molecular formula is C13H13Cl2NS3. The first-order chi connectivity index (χ1) is 9.20. The molecule has 2 aromatic rings. The Labute approximate surface area is 134 Å². The van der Waals surface area contributed by atoms with Gasteiger partial charge in [0, 0.05) is 4.90 Å². The number of benzene rings is 1. The lowest BCUT2D eigenvalue weighted by atomic mass is 10.3. The molecule has 19 heavy (non-hydrogen) atoms. The number of halogens is 2. The molecule has 102 valence electrons. The SMILES string of the molecule is CCCCSc1ccc(N=c2ssc(Cl)c2Cl)cc1. The van der Waals surface area contributed by atoms with Crippen molar-refractivity contribution in [3.05, 3.63) is 38.3 Å². The number of hydrogen-bond donors (Lipinski definition) is 0. The van der Waals surface area contributed by atoms with Gasteiger partial charge in [0.25, 0.3) is 0 Å². The second-order valence-electron chi connectivity index (χ2n) is 3.87. The molecule has 0 bridgehead atoms. The van der Waals surface area contributed by atoms with Crippen molar-refractivity contribution in [1.29, 1.82) is 0 Å². The van der Waals surface area contributed by atoms with Gasteiger partial charge < -0.3 is 0 Å². The summed E-state index contributed by atoms with van der Waals surface area (Å²) in [4.78, 5) is 5.79. The molecule has 1 aromatic carbocycles. The van der Waals surface area contributed by atoms with Gasteiger partial charge in [-0.3, -0.25) is 0 Å². The lowest BCUT2D eigenvalue weighted by Gasteiger charge is -2.00. The summed E-state index contributed by atoms with van der Waals surface area (Å²) in [6.45, 7) is 2.21. The average molecular weight is 350 g/mol. The molecule has 0 saturated heterocycles. The summed E-state index contributed by atoms with van der Waals surface area (Å²) in [7, 11) is 2.94. The van der Waals surface area contributed by atoms with Crippen molar-refractivity contribution in [3.63, 3.8) is 0 Å². The zero-order valence-electron chi connectivity index (χ0n) is 10.4. The molecule has 0 amide bonds. The van der Waals surface area contributed by atoms with Gasteiger partial charge in [0.15, 0.2) is 0 Å². The van der Waals surface area contributed by atoms with Crippen LogP contribution >= 0.6 is 55.6 Å². The van der Waals surface area contributed by atoms with Crippen LogP contribution in [0.1, 0.15) is 19.8 Å². The van der Waals surface area contributed by atoms with Crippen LogP contribution in [0.25, 0.3) is 0 Å². The average Bonchev–Trinajstić information content (AvgIpc) is 2.73. The summed E-state index contributed by atoms with van der Waals surface area (Å²) in [5.41, 5.74) is 0.910. The predicted octanol–water partition coefficient (Wildman–Crippen LogP) is 6.24. The van der Waals surface area contributed by atoms with E-state index in [0.717, 1.165) is 10.4 Å². The van der Waals surface area contributed by atoms with E-state index in [1.54, 1.807) is 0 Å². The van der Waals surface area contributed by atoms with Crippen molar-refractivity contribution in [1.82, 2.24) is 0 Å². The summed E-state index contributed by atoms with van der Waals surface area (Å²) in [6, 6.07) is 8.24. The van der Waals surface area contributed by atoms with Crippen molar-refractivity contribution in [2.75, 3.05) is 5.75 Å². The number of unbranched alkanes of at least 4 members (excludes halogenated alkanes) is 1. The normalized spacial score (nSPS) is 12.1. The minimum atomic E-state index is 0.554. The number of rotatable bonds is 5. The van der Waals surface area contributed by atoms with Crippen LogP contribution in [0.4, 0.5) is 5.69 Å². The van der Waals surface area contributed by atoms with Crippen LogP contribution in [0.2, 0.25) is 9.36 Å². The van der Waals surface area contributed by atoms with Crippen molar-refractivity contribution in [2.45, 2.75) is 24.7 Å². The summed E-state index contributed by atoms with van der Waals surface area (Å²) in [5, 5.41) is 0.554. The second-order valence-corrected chi connectivity index (χ2v) is 8.14. The third-order valence-electron chi connectivity index (χ3n) is 2.39. The summed E-state index contributed by atoms with van der Waals surface area (Å²) < 4.78 is 1.39. The molecule has 1 nitrogen and oxygen atoms in total. The highest BCUT2D eigenvalue weighted by Crippen LogP contribution is 2.28. The molecule has 2 rings (SSSR count). The van der Waals surface area contributed by atoms with E-state index in [-0.39, 0.29) is 0 Å². The molecule has 0 N–H and O–H groups in total. The van der Waals surface area contributed by atoms with E-state index in [1.165, 1.54) is 44.2 Å². The largest absolute Gasteiger partial charge is 0.236 e. The fourth-order valence-corrected chi connectivity index (χ4v) is 5.12. The minimum absolute atomic E-state index is 0.554. The van der Waals surface area contributed by atoms with Crippen LogP contribution in [0.5, 0.6) is 0 Å². The van der Waals surface area contributed by atoms with Gasteiger partial charge in [0.1, 0.15) is 14.0 Å². The number of nitrogens with zero attached hydrogens (tertiary/aromatic N) is 1. The van der Waals surface area contributed by atoms with E-state index in [1.807, 2.05) is 23.9 Å². The summed E-state index contributed by atoms with van der Waals surface area (Å²) in [6.07, 6.45) is 2.49. The molecule has 0 radical (unpaired) electrons. The highest BCUT2D eigenvalue weighted by atomic mass is 35.5. The van der Waals surface area contributed by atoms with Crippen LogP contribution in [0.15, 0.2) is 34.2 Å². The molecule has 0 unspecified atom stereocenters. The van der Waals surface area contributed by atoms with Crippen LogP contribution < -0.4 is 4.67 Å². The standard InChI is InChI=1S/C13H13Cl2NS3/c1-2-3-8-17-10-6-4-9(5-7-10)16-13-11(14)12(15)18-19-13/h4-7H,2-3,8H2,1H3. The smallest absolute Gasteiger partial charge is 0.147 e. The Hall–Kier alpha value is -0.000000000000000111. The van der Waals surface area contributed by atoms with Gasteiger partial charge >= 0.3 is 0 Å². The van der Waals surface area contributed by atoms with Gasteiger partial charge in [-0.15, -0.1) is 11.8 Å². The molecule has 0 atom stereocenters.